The Morgan fingerprint density at radius 1 is 0.522 bits per heavy atom. The first-order valence-corrected chi connectivity index (χ1v) is 7.91. The number of hydrogen-bond donors (Lipinski definition) is 0. The largest absolute Gasteiger partial charge is 0.487 e. The molecule has 0 nitrogen and oxygen atoms in total. The van der Waals surface area contributed by atoms with E-state index in [1.54, 1.807) is 0 Å². The molecule has 0 aromatic heterocycles. The Balaban J connectivity index is 2.34. The van der Waals surface area contributed by atoms with E-state index < -0.39 is 42.6 Å². The summed E-state index contributed by atoms with van der Waals surface area (Å²) in [7, 11) is -5.35. The fourth-order valence-electron chi connectivity index (χ4n) is 1.90. The molecular weight excluding hydrogens is 348 g/mol. The molecule has 124 valence electrons. The van der Waals surface area contributed by atoms with E-state index in [2.05, 4.69) is 0 Å². The molecule has 2 rings (SSSR count). The second-order valence-electron chi connectivity index (χ2n) is 4.72. The minimum atomic E-state index is -5.35. The van der Waals surface area contributed by atoms with E-state index in [-0.39, 0.29) is 0 Å². The Morgan fingerprint density at radius 2 is 0.783 bits per heavy atom. The van der Waals surface area contributed by atoms with Crippen LogP contribution in [-0.2, 0) is 12.4 Å². The number of rotatable bonds is 2. The van der Waals surface area contributed by atoms with Gasteiger partial charge >= 0.3 is 21.1 Å². The molecule has 0 atom stereocenters. The summed E-state index contributed by atoms with van der Waals surface area (Å²) in [6, 6.07) is 4.75. The van der Waals surface area contributed by atoms with Crippen LogP contribution in [0.2, 0.25) is 0 Å². The van der Waals surface area contributed by atoms with Crippen molar-refractivity contribution < 1.29 is 34.6 Å². The first-order valence-electron chi connectivity index (χ1n) is 6.15. The monoisotopic (exact) mass is 356 g/mol. The molecule has 0 fully saturated rings. The van der Waals surface area contributed by atoms with Crippen molar-refractivity contribution in [1.82, 2.24) is 0 Å². The normalized spacial score (nSPS) is 13.2. The Kier molecular flexibility index (Phi) is 4.27. The summed E-state index contributed by atoms with van der Waals surface area (Å²) < 4.78 is 103. The summed E-state index contributed by atoms with van der Waals surface area (Å²) in [4.78, 5) is 0. The van der Waals surface area contributed by atoms with Gasteiger partial charge in [0.15, 0.2) is 0 Å². The van der Waals surface area contributed by atoms with Crippen molar-refractivity contribution in [3.8, 4) is 0 Å². The van der Waals surface area contributed by atoms with Crippen LogP contribution in [0, 0.1) is 0 Å². The summed E-state index contributed by atoms with van der Waals surface area (Å²) in [5.41, 5.74) is -2.14. The molecule has 2 aromatic rings. The van der Waals surface area contributed by atoms with E-state index in [4.69, 9.17) is 0 Å². The molecule has 0 unspecified atom stereocenters. The van der Waals surface area contributed by atoms with Gasteiger partial charge in [0.25, 0.3) is 0 Å². The predicted molar refractivity (Wildman–Crippen MR) is 70.1 cm³/mol. The van der Waals surface area contributed by atoms with Crippen molar-refractivity contribution in [2.45, 2.75) is 12.4 Å². The van der Waals surface area contributed by atoms with Gasteiger partial charge in [0.2, 0.25) is 0 Å². The van der Waals surface area contributed by atoms with Crippen LogP contribution < -0.4 is 10.4 Å². The van der Waals surface area contributed by atoms with Crippen LogP contribution in [0.3, 0.4) is 0 Å². The van der Waals surface area contributed by atoms with E-state index in [1.165, 1.54) is 0 Å². The van der Waals surface area contributed by atoms with Crippen LogP contribution in [0.15, 0.2) is 48.5 Å². The molecule has 0 N–H and O–H groups in total. The maximum atomic E-state index is 14.3. The van der Waals surface area contributed by atoms with Crippen LogP contribution in [0.5, 0.6) is 0 Å². The van der Waals surface area contributed by atoms with Crippen LogP contribution >= 0.6 is 0 Å². The SMILES string of the molecule is FC(F)(F)c1ccc([Si](F)(F)c2ccc(C(F)(F)F)cc2)cc1. The van der Waals surface area contributed by atoms with Gasteiger partial charge in [-0.15, -0.1) is 0 Å². The zero-order valence-electron chi connectivity index (χ0n) is 11.1. The van der Waals surface area contributed by atoms with Crippen molar-refractivity contribution in [2.75, 3.05) is 0 Å². The van der Waals surface area contributed by atoms with Gasteiger partial charge in [-0.2, -0.15) is 26.3 Å². The van der Waals surface area contributed by atoms with Gasteiger partial charge in [-0.1, -0.05) is 24.3 Å². The van der Waals surface area contributed by atoms with Gasteiger partial charge in [0, 0.05) is 10.4 Å². The lowest BCUT2D eigenvalue weighted by atomic mass is 10.2. The minimum absolute atomic E-state index is 0.528. The molecule has 0 spiro atoms. The van der Waals surface area contributed by atoms with E-state index in [9.17, 15) is 34.6 Å². The van der Waals surface area contributed by atoms with Crippen molar-refractivity contribution in [2.24, 2.45) is 0 Å². The second-order valence-corrected chi connectivity index (χ2v) is 7.03. The quantitative estimate of drug-likeness (QED) is 0.429. The van der Waals surface area contributed by atoms with E-state index in [1.807, 2.05) is 0 Å². The van der Waals surface area contributed by atoms with E-state index >= 15 is 0 Å². The molecule has 23 heavy (non-hydrogen) atoms. The molecule has 2 aromatic carbocycles. The van der Waals surface area contributed by atoms with Gasteiger partial charge in [-0.3, -0.25) is 8.22 Å². The summed E-state index contributed by atoms with van der Waals surface area (Å²) in [6.45, 7) is 0. The number of alkyl halides is 6. The van der Waals surface area contributed by atoms with Gasteiger partial charge in [-0.25, -0.2) is 0 Å². The van der Waals surface area contributed by atoms with Crippen molar-refractivity contribution in [3.63, 3.8) is 0 Å². The van der Waals surface area contributed by atoms with Crippen LogP contribution in [-0.4, -0.2) is 8.74 Å². The molecule has 0 bridgehead atoms. The molecule has 0 aliphatic carbocycles. The van der Waals surface area contributed by atoms with Crippen molar-refractivity contribution in [1.29, 1.82) is 0 Å². The first-order chi connectivity index (χ1) is 10.4. The highest BCUT2D eigenvalue weighted by Gasteiger charge is 2.42. The highest BCUT2D eigenvalue weighted by molar-refractivity contribution is 6.91. The summed E-state index contributed by atoms with van der Waals surface area (Å²) in [5.74, 6) is 0. The molecule has 0 amide bonds. The topological polar surface area (TPSA) is 0 Å². The number of benzene rings is 2. The summed E-state index contributed by atoms with van der Waals surface area (Å²) in [5, 5.41) is -1.21. The molecule has 0 saturated carbocycles. The predicted octanol–water partition coefficient (Wildman–Crippen LogP) is 4.22. The smallest absolute Gasteiger partial charge is 0.260 e. The third-order valence-corrected chi connectivity index (χ3v) is 5.27. The highest BCUT2D eigenvalue weighted by atomic mass is 28.4. The zero-order valence-corrected chi connectivity index (χ0v) is 12.1. The van der Waals surface area contributed by atoms with E-state index in [0.29, 0.717) is 48.5 Å². The van der Waals surface area contributed by atoms with Crippen molar-refractivity contribution in [3.05, 3.63) is 59.7 Å². The van der Waals surface area contributed by atoms with Crippen LogP contribution in [0.1, 0.15) is 11.1 Å². The fourth-order valence-corrected chi connectivity index (χ4v) is 3.41. The summed E-state index contributed by atoms with van der Waals surface area (Å²) in [6.07, 6.45) is -9.30. The number of hydrogen-bond acceptors (Lipinski definition) is 0. The van der Waals surface area contributed by atoms with Crippen molar-refractivity contribution >= 4 is 19.1 Å². The second kappa shape index (κ2) is 5.62. The molecule has 9 heteroatoms. The molecule has 0 aliphatic heterocycles. The lowest BCUT2D eigenvalue weighted by Gasteiger charge is -2.16. The molecule has 0 saturated heterocycles. The Bertz CT molecular complexity index is 608. The Labute approximate surface area is 126 Å². The van der Waals surface area contributed by atoms with Crippen LogP contribution in [0.4, 0.5) is 34.6 Å². The highest BCUT2D eigenvalue weighted by Crippen LogP contribution is 2.30. The van der Waals surface area contributed by atoms with Crippen LogP contribution in [0.25, 0.3) is 0 Å². The number of halogens is 8. The Hall–Kier alpha value is -1.90. The molecule has 0 radical (unpaired) electrons. The lowest BCUT2D eigenvalue weighted by Crippen LogP contribution is -2.50. The molecular formula is C14H8F8Si. The maximum Gasteiger partial charge on any atom is 0.487 e. The lowest BCUT2D eigenvalue weighted by molar-refractivity contribution is -0.138. The Morgan fingerprint density at radius 3 is 1.00 bits per heavy atom. The third-order valence-electron chi connectivity index (χ3n) is 3.15. The standard InChI is InChI=1S/C14H8F8Si/c15-13(16,17)9-1-5-11(6-2-9)23(21,22)12-7-3-10(4-8-12)14(18,19)20/h1-8H. The van der Waals surface area contributed by atoms with Gasteiger partial charge in [0.1, 0.15) is 0 Å². The maximum absolute atomic E-state index is 14.3. The zero-order chi connectivity index (χ0) is 17.5. The first kappa shape index (κ1) is 17.5. The average molecular weight is 356 g/mol. The van der Waals surface area contributed by atoms with Gasteiger partial charge in [-0.05, 0) is 24.3 Å². The van der Waals surface area contributed by atoms with Gasteiger partial charge in [0.05, 0.1) is 11.1 Å². The van der Waals surface area contributed by atoms with Gasteiger partial charge < -0.3 is 0 Å². The fraction of sp³-hybridized carbons (Fsp3) is 0.143. The van der Waals surface area contributed by atoms with E-state index in [0.717, 1.165) is 0 Å². The summed E-state index contributed by atoms with van der Waals surface area (Å²) >= 11 is 0. The molecule has 0 aliphatic rings. The third kappa shape index (κ3) is 3.71. The molecule has 0 heterocycles. The minimum Gasteiger partial charge on any atom is -0.260 e. The average Bonchev–Trinajstić information content (AvgIpc) is 2.46.